The van der Waals surface area contributed by atoms with Crippen LogP contribution in [0, 0.1) is 0 Å². The fourth-order valence-corrected chi connectivity index (χ4v) is 0.614. The first-order valence-corrected chi connectivity index (χ1v) is 5.67. The molecule has 1 aromatic rings. The molecule has 0 aliphatic carbocycles. The summed E-state index contributed by atoms with van der Waals surface area (Å²) in [7, 11) is 0. The highest BCUT2D eigenvalue weighted by Gasteiger charge is 1.80. The topological polar surface area (TPSA) is 26.0 Å². The van der Waals surface area contributed by atoms with E-state index in [2.05, 4.69) is 0 Å². The number of hydrogen-bond donors (Lipinski definition) is 1. The van der Waals surface area contributed by atoms with E-state index in [0.717, 1.165) is 0 Å². The molecule has 0 atom stereocenters. The molecule has 1 aromatic carbocycles. The molecule has 1 nitrogen and oxygen atoms in total. The van der Waals surface area contributed by atoms with Crippen LogP contribution < -0.4 is 5.73 Å². The van der Waals surface area contributed by atoms with Gasteiger partial charge in [-0.2, -0.15) is 0 Å². The Labute approximate surface area is 90.3 Å². The minimum atomic E-state index is 0.640. The van der Waals surface area contributed by atoms with Gasteiger partial charge in [0.05, 0.1) is 0 Å². The highest BCUT2D eigenvalue weighted by Crippen LogP contribution is 1.94. The molecule has 1 rings (SSSR count). The lowest BCUT2D eigenvalue weighted by molar-refractivity contribution is 1.07. The van der Waals surface area contributed by atoms with Crippen LogP contribution in [-0.2, 0) is 6.54 Å². The molecule has 0 heterocycles. The maximum atomic E-state index is 5.35. The fourth-order valence-electron chi connectivity index (χ4n) is 0.614. The Morgan fingerprint density at radius 2 is 1.14 bits per heavy atom. The summed E-state index contributed by atoms with van der Waals surface area (Å²) in [5.74, 6) is 0. The summed E-state index contributed by atoms with van der Waals surface area (Å²) in [4.78, 5) is 0. The maximum absolute atomic E-state index is 5.35. The normalized spacial score (nSPS) is 6.50. The van der Waals surface area contributed by atoms with Crippen molar-refractivity contribution in [3.63, 3.8) is 0 Å². The van der Waals surface area contributed by atoms with Crippen molar-refractivity contribution in [2.75, 3.05) is 0 Å². The third kappa shape index (κ3) is 13.7. The summed E-state index contributed by atoms with van der Waals surface area (Å²) >= 11 is 0. The maximum Gasteiger partial charge on any atom is 0.0178 e. The lowest BCUT2D eigenvalue weighted by atomic mass is 10.2. The summed E-state index contributed by atoms with van der Waals surface area (Å²) in [5.41, 5.74) is 6.54. The molecule has 2 N–H and O–H groups in total. The van der Waals surface area contributed by atoms with E-state index in [0.29, 0.717) is 6.54 Å². The van der Waals surface area contributed by atoms with Gasteiger partial charge >= 0.3 is 0 Å². The predicted molar refractivity (Wildman–Crippen MR) is 68.4 cm³/mol. The first-order chi connectivity index (χ1) is 6.93. The minimum absolute atomic E-state index is 0.640. The molecular weight excluding hydrogens is 170 g/mol. The van der Waals surface area contributed by atoms with Crippen LogP contribution in [0.25, 0.3) is 0 Å². The van der Waals surface area contributed by atoms with Crippen LogP contribution >= 0.6 is 0 Å². The molecule has 0 aliphatic rings. The largest absolute Gasteiger partial charge is 0.326 e. The zero-order valence-corrected chi connectivity index (χ0v) is 10.7. The second-order valence-corrected chi connectivity index (χ2v) is 1.69. The second kappa shape index (κ2) is 22.8. The predicted octanol–water partition coefficient (Wildman–Crippen LogP) is 4.22. The van der Waals surface area contributed by atoms with Crippen LogP contribution in [-0.4, -0.2) is 0 Å². The Morgan fingerprint density at radius 3 is 1.36 bits per heavy atom. The van der Waals surface area contributed by atoms with Crippen molar-refractivity contribution in [2.24, 2.45) is 5.73 Å². The van der Waals surface area contributed by atoms with E-state index < -0.39 is 0 Å². The van der Waals surface area contributed by atoms with Gasteiger partial charge in [-0.3, -0.25) is 0 Å². The van der Waals surface area contributed by atoms with Gasteiger partial charge in [0.2, 0.25) is 0 Å². The number of rotatable bonds is 1. The van der Waals surface area contributed by atoms with E-state index in [1.54, 1.807) is 0 Å². The molecule has 84 valence electrons. The van der Waals surface area contributed by atoms with Gasteiger partial charge in [-0.15, -0.1) is 0 Å². The third-order valence-electron chi connectivity index (χ3n) is 1.08. The highest BCUT2D eigenvalue weighted by molar-refractivity contribution is 5.13. The van der Waals surface area contributed by atoms with Gasteiger partial charge in [0.1, 0.15) is 0 Å². The molecule has 0 unspecified atom stereocenters. The number of nitrogens with two attached hydrogens (primary N) is 1. The van der Waals surface area contributed by atoms with E-state index >= 15 is 0 Å². The third-order valence-corrected chi connectivity index (χ3v) is 1.08. The quantitative estimate of drug-likeness (QED) is 0.716. The molecule has 1 heteroatoms. The average Bonchev–Trinajstić information content (AvgIpc) is 2.37. The van der Waals surface area contributed by atoms with Gasteiger partial charge in [0.25, 0.3) is 0 Å². The summed E-state index contributed by atoms with van der Waals surface area (Å²) in [6.07, 6.45) is 0. The van der Waals surface area contributed by atoms with Gasteiger partial charge in [-0.05, 0) is 5.56 Å². The van der Waals surface area contributed by atoms with Gasteiger partial charge in [0.15, 0.2) is 0 Å². The molecule has 0 amide bonds. The molecular formula is C13H27N. The van der Waals surface area contributed by atoms with E-state index in [-0.39, 0.29) is 0 Å². The Kier molecular flexibility index (Phi) is 30.7. The Bertz CT molecular complexity index is 147. The monoisotopic (exact) mass is 197 g/mol. The first kappa shape index (κ1) is 18.9. The van der Waals surface area contributed by atoms with Crippen molar-refractivity contribution < 1.29 is 0 Å². The Balaban J connectivity index is -0.000000174. The molecule has 0 fully saturated rings. The zero-order valence-electron chi connectivity index (χ0n) is 10.7. The molecule has 0 saturated heterocycles. The van der Waals surface area contributed by atoms with Crippen LogP contribution in [0.3, 0.4) is 0 Å². The molecule has 0 radical (unpaired) electrons. The van der Waals surface area contributed by atoms with Crippen molar-refractivity contribution in [1.82, 2.24) is 0 Å². The van der Waals surface area contributed by atoms with Gasteiger partial charge < -0.3 is 5.73 Å². The summed E-state index contributed by atoms with van der Waals surface area (Å²) in [6, 6.07) is 9.99. The number of benzene rings is 1. The van der Waals surface area contributed by atoms with Crippen molar-refractivity contribution >= 4 is 0 Å². The SMILES string of the molecule is CC.CC.CC.NCc1ccccc1. The smallest absolute Gasteiger partial charge is 0.0178 e. The Morgan fingerprint density at radius 1 is 0.786 bits per heavy atom. The molecule has 0 aromatic heterocycles. The highest BCUT2D eigenvalue weighted by atomic mass is 14.5. The molecule has 0 bridgehead atoms. The van der Waals surface area contributed by atoms with Crippen molar-refractivity contribution in [1.29, 1.82) is 0 Å². The first-order valence-electron chi connectivity index (χ1n) is 5.67. The summed E-state index contributed by atoms with van der Waals surface area (Å²) < 4.78 is 0. The van der Waals surface area contributed by atoms with Crippen molar-refractivity contribution in [3.8, 4) is 0 Å². The van der Waals surface area contributed by atoms with Crippen LogP contribution in [0.2, 0.25) is 0 Å². The molecule has 0 aliphatic heterocycles. The van der Waals surface area contributed by atoms with Crippen LogP contribution in [0.4, 0.5) is 0 Å². The Hall–Kier alpha value is -0.820. The fraction of sp³-hybridized carbons (Fsp3) is 0.538. The van der Waals surface area contributed by atoms with Crippen molar-refractivity contribution in [2.45, 2.75) is 48.1 Å². The van der Waals surface area contributed by atoms with E-state index in [9.17, 15) is 0 Å². The lowest BCUT2D eigenvalue weighted by Crippen LogP contribution is -1.94. The van der Waals surface area contributed by atoms with Gasteiger partial charge in [0, 0.05) is 6.54 Å². The average molecular weight is 197 g/mol. The standard InChI is InChI=1S/C7H9N.3C2H6/c8-6-7-4-2-1-3-5-7;3*1-2/h1-5H,6,8H2;3*1-2H3. The summed E-state index contributed by atoms with van der Waals surface area (Å²) in [5, 5.41) is 0. The lowest BCUT2D eigenvalue weighted by Gasteiger charge is -1.90. The van der Waals surface area contributed by atoms with Gasteiger partial charge in [-0.25, -0.2) is 0 Å². The van der Waals surface area contributed by atoms with E-state index in [4.69, 9.17) is 5.73 Å². The zero-order chi connectivity index (χ0) is 11.8. The second-order valence-electron chi connectivity index (χ2n) is 1.69. The van der Waals surface area contributed by atoms with Gasteiger partial charge in [-0.1, -0.05) is 71.9 Å². The van der Waals surface area contributed by atoms with E-state index in [1.807, 2.05) is 71.9 Å². The number of hydrogen-bond acceptors (Lipinski definition) is 1. The van der Waals surface area contributed by atoms with Crippen LogP contribution in [0.15, 0.2) is 30.3 Å². The van der Waals surface area contributed by atoms with Crippen LogP contribution in [0.1, 0.15) is 47.1 Å². The molecule has 0 spiro atoms. The molecule has 0 saturated carbocycles. The minimum Gasteiger partial charge on any atom is -0.326 e. The van der Waals surface area contributed by atoms with Crippen LogP contribution in [0.5, 0.6) is 0 Å². The van der Waals surface area contributed by atoms with Crippen molar-refractivity contribution in [3.05, 3.63) is 35.9 Å². The molecule has 14 heavy (non-hydrogen) atoms. The van der Waals surface area contributed by atoms with E-state index in [1.165, 1.54) is 5.56 Å². The summed E-state index contributed by atoms with van der Waals surface area (Å²) in [6.45, 7) is 12.6.